The van der Waals surface area contributed by atoms with E-state index in [9.17, 15) is 4.79 Å². The molecule has 0 saturated carbocycles. The van der Waals surface area contributed by atoms with Crippen molar-refractivity contribution in [2.75, 3.05) is 25.6 Å². The minimum atomic E-state index is -0.138. The van der Waals surface area contributed by atoms with Gasteiger partial charge in [0, 0.05) is 42.9 Å². The van der Waals surface area contributed by atoms with Crippen molar-refractivity contribution in [2.24, 2.45) is 0 Å². The van der Waals surface area contributed by atoms with Gasteiger partial charge in [-0.05, 0) is 44.4 Å². The van der Waals surface area contributed by atoms with E-state index < -0.39 is 0 Å². The molecule has 190 valence electrons. The van der Waals surface area contributed by atoms with E-state index in [1.807, 2.05) is 25.1 Å². The van der Waals surface area contributed by atoms with Gasteiger partial charge in [-0.1, -0.05) is 17.7 Å². The van der Waals surface area contributed by atoms with Gasteiger partial charge in [-0.15, -0.1) is 0 Å². The number of nitrogens with zero attached hydrogens (tertiary/aromatic N) is 1. The third-order valence-electron chi connectivity index (χ3n) is 6.65. The average Bonchev–Trinajstić information content (AvgIpc) is 3.23. The first-order chi connectivity index (χ1) is 17.5. The summed E-state index contributed by atoms with van der Waals surface area (Å²) in [5.41, 5.74) is 4.30. The van der Waals surface area contributed by atoms with Gasteiger partial charge in [-0.3, -0.25) is 9.78 Å². The number of pyridine rings is 1. The predicted octanol–water partition coefficient (Wildman–Crippen LogP) is 5.49. The van der Waals surface area contributed by atoms with E-state index in [1.54, 1.807) is 25.6 Å². The van der Waals surface area contributed by atoms with Crippen molar-refractivity contribution in [3.63, 3.8) is 0 Å². The maximum absolute atomic E-state index is 13.1. The molecule has 1 amide bonds. The molecule has 2 aliphatic rings. The lowest BCUT2D eigenvalue weighted by molar-refractivity contribution is 0.00406. The van der Waals surface area contributed by atoms with Crippen LogP contribution in [0.15, 0.2) is 36.7 Å². The zero-order valence-electron chi connectivity index (χ0n) is 20.5. The number of carbonyl (C=O) groups excluding carboxylic acids is 1. The molecule has 2 unspecified atom stereocenters. The number of para-hydroxylation sites is 1. The molecule has 36 heavy (non-hydrogen) atoms. The van der Waals surface area contributed by atoms with Gasteiger partial charge < -0.3 is 29.8 Å². The summed E-state index contributed by atoms with van der Waals surface area (Å²) in [6.07, 6.45) is 8.55. The highest BCUT2D eigenvalue weighted by atomic mass is 35.5. The molecule has 1 aromatic carbocycles. The number of benzene rings is 1. The third kappa shape index (κ3) is 5.01. The lowest BCUT2D eigenvalue weighted by Crippen LogP contribution is -2.39. The third-order valence-corrected chi connectivity index (χ3v) is 6.95. The monoisotopic (exact) mass is 510 g/mol. The van der Waals surface area contributed by atoms with Crippen molar-refractivity contribution in [1.82, 2.24) is 15.3 Å². The van der Waals surface area contributed by atoms with Gasteiger partial charge in [0.15, 0.2) is 5.75 Å². The van der Waals surface area contributed by atoms with Crippen molar-refractivity contribution in [1.29, 1.82) is 0 Å². The first kappa shape index (κ1) is 24.5. The zero-order chi connectivity index (χ0) is 25.1. The molecule has 0 radical (unpaired) electrons. The van der Waals surface area contributed by atoms with Crippen molar-refractivity contribution >= 4 is 28.9 Å². The molecule has 8 nitrogen and oxygen atoms in total. The van der Waals surface area contributed by atoms with Gasteiger partial charge in [0.05, 0.1) is 53.7 Å². The van der Waals surface area contributed by atoms with Crippen molar-refractivity contribution < 1.29 is 19.0 Å². The number of rotatable bonds is 8. The van der Waals surface area contributed by atoms with E-state index in [1.165, 1.54) is 6.42 Å². The lowest BCUT2D eigenvalue weighted by atomic mass is 10.0. The standard InChI is InChI=1S/C27H31ClN4O4/c1-16-14-21-23(27(33)30-16)25(31-20-8-5-7-19(28)26(20)34-2)24(32-21)18-9-11-29-15-22(18)36-13-10-17-6-3-4-12-35-17/h5,7-9,11,15-17,31-32H,3-4,6,10,12-14H2,1-2H3,(H,30,33). The Labute approximate surface area is 215 Å². The second-order valence-electron chi connectivity index (χ2n) is 9.25. The van der Waals surface area contributed by atoms with E-state index in [0.717, 1.165) is 42.8 Å². The minimum absolute atomic E-state index is 0.0220. The van der Waals surface area contributed by atoms with Crippen molar-refractivity contribution in [3.05, 3.63) is 52.9 Å². The summed E-state index contributed by atoms with van der Waals surface area (Å²) in [7, 11) is 1.57. The number of nitrogens with one attached hydrogen (secondary N) is 3. The molecule has 9 heteroatoms. The Morgan fingerprint density at radius 1 is 1.28 bits per heavy atom. The van der Waals surface area contributed by atoms with Crippen LogP contribution in [0.1, 0.15) is 48.7 Å². The molecule has 5 rings (SSSR count). The number of hydrogen-bond acceptors (Lipinski definition) is 6. The maximum Gasteiger partial charge on any atom is 0.255 e. The van der Waals surface area contributed by atoms with Gasteiger partial charge in [-0.2, -0.15) is 0 Å². The van der Waals surface area contributed by atoms with Crippen molar-refractivity contribution in [2.45, 2.75) is 51.2 Å². The fourth-order valence-corrected chi connectivity index (χ4v) is 5.17. The number of H-pyrrole nitrogens is 1. The summed E-state index contributed by atoms with van der Waals surface area (Å²) in [5, 5.41) is 6.94. The Kier molecular flexibility index (Phi) is 7.34. The largest absolute Gasteiger partial charge is 0.493 e. The Morgan fingerprint density at radius 2 is 2.17 bits per heavy atom. The van der Waals surface area contributed by atoms with Crippen LogP contribution >= 0.6 is 11.6 Å². The quantitative estimate of drug-likeness (QED) is 0.370. The van der Waals surface area contributed by atoms with Crippen LogP contribution in [0.3, 0.4) is 0 Å². The fourth-order valence-electron chi connectivity index (χ4n) is 4.92. The van der Waals surface area contributed by atoms with E-state index in [2.05, 4.69) is 20.6 Å². The fraction of sp³-hybridized carbons (Fsp3) is 0.407. The van der Waals surface area contributed by atoms with Crippen LogP contribution < -0.4 is 20.1 Å². The molecule has 3 N–H and O–H groups in total. The molecule has 0 spiro atoms. The number of fused-ring (bicyclic) bond motifs is 1. The molecule has 0 bridgehead atoms. The van der Waals surface area contributed by atoms with Crippen molar-refractivity contribution in [3.8, 4) is 22.8 Å². The first-order valence-corrected chi connectivity index (χ1v) is 12.8. The van der Waals surface area contributed by atoms with Crippen LogP contribution in [0.25, 0.3) is 11.3 Å². The number of aromatic nitrogens is 2. The Morgan fingerprint density at radius 3 is 2.97 bits per heavy atom. The average molecular weight is 511 g/mol. The molecule has 1 fully saturated rings. The summed E-state index contributed by atoms with van der Waals surface area (Å²) in [6, 6.07) is 7.38. The highest BCUT2D eigenvalue weighted by molar-refractivity contribution is 6.32. The lowest BCUT2D eigenvalue weighted by Gasteiger charge is -2.22. The second-order valence-corrected chi connectivity index (χ2v) is 9.66. The highest BCUT2D eigenvalue weighted by Gasteiger charge is 2.31. The Bertz CT molecular complexity index is 1240. The molecular weight excluding hydrogens is 480 g/mol. The Hall–Kier alpha value is -3.23. The summed E-state index contributed by atoms with van der Waals surface area (Å²) in [5.74, 6) is 1.01. The minimum Gasteiger partial charge on any atom is -0.493 e. The predicted molar refractivity (Wildman–Crippen MR) is 140 cm³/mol. The van der Waals surface area contributed by atoms with E-state index >= 15 is 0 Å². The molecule has 2 atom stereocenters. The van der Waals surface area contributed by atoms with Gasteiger partial charge in [0.25, 0.3) is 5.91 Å². The number of ether oxygens (including phenoxy) is 3. The molecule has 1 saturated heterocycles. The Balaban J connectivity index is 1.51. The molecule has 2 aromatic heterocycles. The summed E-state index contributed by atoms with van der Waals surface area (Å²) in [4.78, 5) is 20.9. The summed E-state index contributed by atoms with van der Waals surface area (Å²) < 4.78 is 17.6. The SMILES string of the molecule is COc1c(Cl)cccc1Nc1c(-c2ccncc2OCCC2CCCCO2)[nH]c2c1C(=O)NC(C)C2. The van der Waals surface area contributed by atoms with Crippen LogP contribution in [0.4, 0.5) is 11.4 Å². The van der Waals surface area contributed by atoms with Crippen LogP contribution in [0.2, 0.25) is 5.02 Å². The second kappa shape index (κ2) is 10.8. The number of halogens is 1. The zero-order valence-corrected chi connectivity index (χ0v) is 21.3. The van der Waals surface area contributed by atoms with Crippen LogP contribution in [0.5, 0.6) is 11.5 Å². The smallest absolute Gasteiger partial charge is 0.255 e. The van der Waals surface area contributed by atoms with Gasteiger partial charge in [-0.25, -0.2) is 0 Å². The van der Waals surface area contributed by atoms with Crippen LogP contribution in [0, 0.1) is 0 Å². The number of methoxy groups -OCH3 is 1. The van der Waals surface area contributed by atoms with E-state index in [0.29, 0.717) is 46.5 Å². The topological polar surface area (TPSA) is 97.5 Å². The normalized spacial score (nSPS) is 19.4. The van der Waals surface area contributed by atoms with E-state index in [-0.39, 0.29) is 18.1 Å². The highest BCUT2D eigenvalue weighted by Crippen LogP contribution is 2.43. The number of hydrogen-bond donors (Lipinski definition) is 3. The van der Waals surface area contributed by atoms with Gasteiger partial charge in [0.2, 0.25) is 0 Å². The van der Waals surface area contributed by atoms with Crippen LogP contribution in [-0.4, -0.2) is 48.3 Å². The molecule has 4 heterocycles. The summed E-state index contributed by atoms with van der Waals surface area (Å²) in [6.45, 7) is 3.33. The first-order valence-electron chi connectivity index (χ1n) is 12.4. The van der Waals surface area contributed by atoms with Crippen LogP contribution in [-0.2, 0) is 11.2 Å². The number of aromatic amines is 1. The molecule has 2 aliphatic heterocycles. The maximum atomic E-state index is 13.1. The number of carbonyl (C=O) groups is 1. The summed E-state index contributed by atoms with van der Waals surface area (Å²) >= 11 is 6.37. The van der Waals surface area contributed by atoms with Gasteiger partial charge in [0.1, 0.15) is 5.75 Å². The van der Waals surface area contributed by atoms with Gasteiger partial charge >= 0.3 is 0 Å². The number of anilines is 2. The van der Waals surface area contributed by atoms with E-state index in [4.69, 9.17) is 25.8 Å². The molecule has 0 aliphatic carbocycles. The number of amides is 1. The molecule has 3 aromatic rings. The molecular formula is C27H31ClN4O4.